The molecular formula is C13H13N3O2. The highest BCUT2D eigenvalue weighted by molar-refractivity contribution is 6.06. The van der Waals surface area contributed by atoms with E-state index in [2.05, 4.69) is 11.4 Å². The van der Waals surface area contributed by atoms with E-state index < -0.39 is 6.04 Å². The summed E-state index contributed by atoms with van der Waals surface area (Å²) in [6.45, 7) is 1.86. The van der Waals surface area contributed by atoms with Gasteiger partial charge in [0.15, 0.2) is 0 Å². The molecule has 0 spiro atoms. The van der Waals surface area contributed by atoms with E-state index in [1.807, 2.05) is 13.0 Å². The van der Waals surface area contributed by atoms with Crippen LogP contribution in [-0.2, 0) is 9.59 Å². The minimum Gasteiger partial charge on any atom is -0.372 e. The second kappa shape index (κ2) is 4.49. The quantitative estimate of drug-likeness (QED) is 0.787. The molecule has 0 aliphatic carbocycles. The molecule has 1 atom stereocenters. The highest BCUT2D eigenvalue weighted by atomic mass is 16.2. The molecule has 1 fully saturated rings. The molecule has 0 saturated carbocycles. The van der Waals surface area contributed by atoms with Gasteiger partial charge in [-0.1, -0.05) is 12.1 Å². The fraction of sp³-hybridized carbons (Fsp3) is 0.308. The average molecular weight is 243 g/mol. The number of likely N-dealkylation sites (tertiary alicyclic amines) is 1. The van der Waals surface area contributed by atoms with Crippen LogP contribution in [0.25, 0.3) is 0 Å². The Morgan fingerprint density at radius 2 is 2.17 bits per heavy atom. The Labute approximate surface area is 105 Å². The number of carbonyl (C=O) groups excluding carboxylic acids is 2. The minimum absolute atomic E-state index is 0.133. The first-order valence-corrected chi connectivity index (χ1v) is 5.61. The van der Waals surface area contributed by atoms with Crippen molar-refractivity contribution in [3.63, 3.8) is 0 Å². The van der Waals surface area contributed by atoms with Crippen molar-refractivity contribution in [2.24, 2.45) is 0 Å². The normalized spacial score (nSPS) is 18.9. The van der Waals surface area contributed by atoms with E-state index in [0.29, 0.717) is 11.3 Å². The van der Waals surface area contributed by atoms with Gasteiger partial charge in [-0.3, -0.25) is 14.5 Å². The lowest BCUT2D eigenvalue weighted by molar-refractivity contribution is -0.136. The molecule has 1 N–H and O–H groups in total. The van der Waals surface area contributed by atoms with Crippen LogP contribution in [0.4, 0.5) is 5.69 Å². The molecule has 1 unspecified atom stereocenters. The van der Waals surface area contributed by atoms with Crippen molar-refractivity contribution < 1.29 is 9.59 Å². The summed E-state index contributed by atoms with van der Waals surface area (Å²) in [5, 5.41) is 12.0. The third-order valence-electron chi connectivity index (χ3n) is 3.09. The molecule has 1 aliphatic heterocycles. The van der Waals surface area contributed by atoms with Gasteiger partial charge in [-0.05, 0) is 18.6 Å². The third kappa shape index (κ3) is 1.93. The molecule has 2 rings (SSSR count). The number of nitrogens with zero attached hydrogens (tertiary/aromatic N) is 2. The second-order valence-corrected chi connectivity index (χ2v) is 4.30. The monoisotopic (exact) mass is 243 g/mol. The Morgan fingerprint density at radius 1 is 1.44 bits per heavy atom. The number of nitriles is 1. The van der Waals surface area contributed by atoms with Crippen molar-refractivity contribution in [1.82, 2.24) is 4.90 Å². The number of carbonyl (C=O) groups is 2. The molecule has 1 aromatic rings. The van der Waals surface area contributed by atoms with Crippen LogP contribution in [-0.4, -0.2) is 29.8 Å². The summed E-state index contributed by atoms with van der Waals surface area (Å²) in [5.74, 6) is -0.461. The fourth-order valence-electron chi connectivity index (χ4n) is 2.00. The first-order chi connectivity index (χ1) is 8.54. The predicted octanol–water partition coefficient (Wildman–Crippen LogP) is 1.04. The van der Waals surface area contributed by atoms with Gasteiger partial charge in [-0.2, -0.15) is 5.26 Å². The van der Waals surface area contributed by atoms with Crippen LogP contribution >= 0.6 is 0 Å². The average Bonchev–Trinajstić information content (AvgIpc) is 2.59. The van der Waals surface area contributed by atoms with Crippen LogP contribution in [0.3, 0.4) is 0 Å². The molecule has 1 aromatic carbocycles. The van der Waals surface area contributed by atoms with Crippen molar-refractivity contribution >= 4 is 17.5 Å². The van der Waals surface area contributed by atoms with Gasteiger partial charge in [0, 0.05) is 7.05 Å². The molecule has 1 saturated heterocycles. The molecule has 18 heavy (non-hydrogen) atoms. The Kier molecular flexibility index (Phi) is 3.02. The summed E-state index contributed by atoms with van der Waals surface area (Å²) in [4.78, 5) is 24.3. The van der Waals surface area contributed by atoms with Crippen LogP contribution in [0.1, 0.15) is 17.5 Å². The van der Waals surface area contributed by atoms with Crippen molar-refractivity contribution in [3.8, 4) is 6.07 Å². The number of amides is 2. The van der Waals surface area contributed by atoms with E-state index in [1.54, 1.807) is 12.1 Å². The van der Waals surface area contributed by atoms with Gasteiger partial charge in [0.2, 0.25) is 5.91 Å². The van der Waals surface area contributed by atoms with Crippen LogP contribution in [0, 0.1) is 18.3 Å². The van der Waals surface area contributed by atoms with E-state index in [9.17, 15) is 9.59 Å². The number of para-hydroxylation sites is 1. The highest BCUT2D eigenvalue weighted by Gasteiger charge is 2.36. The molecule has 0 radical (unpaired) electrons. The molecule has 2 amide bonds. The zero-order valence-corrected chi connectivity index (χ0v) is 10.2. The number of nitrogens with one attached hydrogen (secondary N) is 1. The molecule has 1 aliphatic rings. The fourth-order valence-corrected chi connectivity index (χ4v) is 2.00. The third-order valence-corrected chi connectivity index (χ3v) is 3.09. The number of benzene rings is 1. The van der Waals surface area contributed by atoms with Gasteiger partial charge < -0.3 is 5.32 Å². The zero-order valence-electron chi connectivity index (χ0n) is 10.2. The van der Waals surface area contributed by atoms with Gasteiger partial charge in [-0.15, -0.1) is 0 Å². The van der Waals surface area contributed by atoms with Crippen molar-refractivity contribution in [1.29, 1.82) is 5.26 Å². The number of rotatable bonds is 2. The van der Waals surface area contributed by atoms with Gasteiger partial charge in [0.25, 0.3) is 5.91 Å². The van der Waals surface area contributed by atoms with Gasteiger partial charge in [0.05, 0.1) is 17.7 Å². The zero-order chi connectivity index (χ0) is 13.3. The van der Waals surface area contributed by atoms with Gasteiger partial charge in [-0.25, -0.2) is 0 Å². The molecule has 0 aromatic heterocycles. The maximum absolute atomic E-state index is 11.8. The van der Waals surface area contributed by atoms with Gasteiger partial charge in [0.1, 0.15) is 12.1 Å². The Hall–Kier alpha value is -2.35. The summed E-state index contributed by atoms with van der Waals surface area (Å²) in [5.41, 5.74) is 1.98. The summed E-state index contributed by atoms with van der Waals surface area (Å²) < 4.78 is 0. The minimum atomic E-state index is -0.573. The van der Waals surface area contributed by atoms with Crippen molar-refractivity contribution in [2.45, 2.75) is 19.4 Å². The Bertz CT molecular complexity index is 560. The van der Waals surface area contributed by atoms with E-state index in [1.165, 1.54) is 7.05 Å². The van der Waals surface area contributed by atoms with Crippen LogP contribution < -0.4 is 5.32 Å². The summed E-state index contributed by atoms with van der Waals surface area (Å²) in [7, 11) is 1.47. The summed E-state index contributed by atoms with van der Waals surface area (Å²) in [6.07, 6.45) is 0.133. The van der Waals surface area contributed by atoms with E-state index in [-0.39, 0.29) is 18.2 Å². The lowest BCUT2D eigenvalue weighted by Crippen LogP contribution is -2.32. The van der Waals surface area contributed by atoms with Crippen LogP contribution in [0.15, 0.2) is 18.2 Å². The standard InChI is InChI=1S/C13H13N3O2/c1-8-4-3-5-9(7-14)12(8)15-10-6-11(17)16(2)13(10)18/h3-5,10,15H,6H2,1-2H3. The highest BCUT2D eigenvalue weighted by Crippen LogP contribution is 2.23. The molecule has 5 heteroatoms. The lowest BCUT2D eigenvalue weighted by Gasteiger charge is -2.15. The number of likely N-dealkylation sites (N-methyl/N-ethyl adjacent to an activating group) is 1. The van der Waals surface area contributed by atoms with Crippen LogP contribution in [0.2, 0.25) is 0 Å². The first kappa shape index (κ1) is 12.1. The summed E-state index contributed by atoms with van der Waals surface area (Å²) >= 11 is 0. The smallest absolute Gasteiger partial charge is 0.251 e. The second-order valence-electron chi connectivity index (χ2n) is 4.30. The summed E-state index contributed by atoms with van der Waals surface area (Å²) in [6, 6.07) is 6.82. The molecular weight excluding hydrogens is 230 g/mol. The number of hydrogen-bond donors (Lipinski definition) is 1. The topological polar surface area (TPSA) is 73.2 Å². The Balaban J connectivity index is 2.29. The van der Waals surface area contributed by atoms with Crippen molar-refractivity contribution in [2.75, 3.05) is 12.4 Å². The number of imide groups is 1. The SMILES string of the molecule is Cc1cccc(C#N)c1NC1CC(=O)N(C)C1=O. The maximum atomic E-state index is 11.8. The molecule has 0 bridgehead atoms. The van der Waals surface area contributed by atoms with Crippen LogP contribution in [0.5, 0.6) is 0 Å². The first-order valence-electron chi connectivity index (χ1n) is 5.61. The van der Waals surface area contributed by atoms with Gasteiger partial charge >= 0.3 is 0 Å². The van der Waals surface area contributed by atoms with E-state index >= 15 is 0 Å². The molecule has 92 valence electrons. The number of aryl methyl sites for hydroxylation is 1. The molecule has 1 heterocycles. The number of anilines is 1. The maximum Gasteiger partial charge on any atom is 0.251 e. The van der Waals surface area contributed by atoms with E-state index in [4.69, 9.17) is 5.26 Å². The Morgan fingerprint density at radius 3 is 2.72 bits per heavy atom. The molecule has 5 nitrogen and oxygen atoms in total. The van der Waals surface area contributed by atoms with E-state index in [0.717, 1.165) is 10.5 Å². The largest absolute Gasteiger partial charge is 0.372 e. The van der Waals surface area contributed by atoms with Crippen molar-refractivity contribution in [3.05, 3.63) is 29.3 Å². The predicted molar refractivity (Wildman–Crippen MR) is 65.7 cm³/mol. The number of hydrogen-bond acceptors (Lipinski definition) is 4. The lowest BCUT2D eigenvalue weighted by atomic mass is 10.1.